The van der Waals surface area contributed by atoms with Crippen LogP contribution in [0.5, 0.6) is 0 Å². The summed E-state index contributed by atoms with van der Waals surface area (Å²) in [7, 11) is -1.26. The molecule has 1 aromatic carbocycles. The van der Waals surface area contributed by atoms with Gasteiger partial charge in [-0.15, -0.1) is 0 Å². The van der Waals surface area contributed by atoms with Gasteiger partial charge in [0.25, 0.3) is 0 Å². The second kappa shape index (κ2) is 6.28. The Morgan fingerprint density at radius 1 is 1.24 bits per heavy atom. The highest BCUT2D eigenvalue weighted by Crippen LogP contribution is 2.47. The van der Waals surface area contributed by atoms with Gasteiger partial charge in [-0.2, -0.15) is 0 Å². The van der Waals surface area contributed by atoms with Crippen molar-refractivity contribution in [2.45, 2.75) is 0 Å². The maximum absolute atomic E-state index is 11.6. The van der Waals surface area contributed by atoms with Crippen LogP contribution in [-0.2, 0) is 18.1 Å². The van der Waals surface area contributed by atoms with Crippen LogP contribution in [0.15, 0.2) is 24.3 Å². The van der Waals surface area contributed by atoms with E-state index in [2.05, 4.69) is 9.05 Å². The van der Waals surface area contributed by atoms with Crippen molar-refractivity contribution in [3.05, 3.63) is 34.9 Å². The molecule has 0 spiro atoms. The van der Waals surface area contributed by atoms with Gasteiger partial charge in [0.05, 0.1) is 0 Å². The van der Waals surface area contributed by atoms with Gasteiger partial charge in [0.2, 0.25) is 0 Å². The molecule has 0 aromatic heterocycles. The van der Waals surface area contributed by atoms with Crippen LogP contribution in [0, 0.1) is 0 Å². The maximum Gasteiger partial charge on any atom is 0.474 e. The Morgan fingerprint density at radius 2 is 1.76 bits per heavy atom. The standard InChI is InChI=1S/C10H12ClO5P/c1-14-17(13,15-2)16-7-10(12)8-3-5-9(11)6-4-8/h3-6H,7H2,1-2H3. The molecule has 0 aliphatic carbocycles. The molecule has 7 heteroatoms. The molecule has 0 saturated carbocycles. The molecule has 0 fully saturated rings. The summed E-state index contributed by atoms with van der Waals surface area (Å²) in [4.78, 5) is 11.6. The molecule has 1 aromatic rings. The Labute approximate surface area is 104 Å². The number of ketones is 1. The predicted octanol–water partition coefficient (Wildman–Crippen LogP) is 2.94. The van der Waals surface area contributed by atoms with Gasteiger partial charge in [-0.05, 0) is 24.3 Å². The number of hydrogen-bond acceptors (Lipinski definition) is 5. The van der Waals surface area contributed by atoms with Crippen molar-refractivity contribution in [2.75, 3.05) is 20.8 Å². The average molecular weight is 279 g/mol. The number of halogens is 1. The van der Waals surface area contributed by atoms with Crippen molar-refractivity contribution in [2.24, 2.45) is 0 Å². The quantitative estimate of drug-likeness (QED) is 0.591. The van der Waals surface area contributed by atoms with Gasteiger partial charge in [0.1, 0.15) is 6.61 Å². The molecule has 5 nitrogen and oxygen atoms in total. The number of rotatable bonds is 6. The van der Waals surface area contributed by atoms with Gasteiger partial charge >= 0.3 is 7.82 Å². The van der Waals surface area contributed by atoms with Gasteiger partial charge in [0, 0.05) is 24.8 Å². The summed E-state index contributed by atoms with van der Waals surface area (Å²) in [6, 6.07) is 6.28. The number of benzene rings is 1. The minimum Gasteiger partial charge on any atom is -0.292 e. The first kappa shape index (κ1) is 14.4. The molecule has 0 N–H and O–H groups in total. The van der Waals surface area contributed by atoms with Crippen molar-refractivity contribution in [3.63, 3.8) is 0 Å². The van der Waals surface area contributed by atoms with E-state index in [1.165, 1.54) is 14.2 Å². The molecular formula is C10H12ClO5P. The highest BCUT2D eigenvalue weighted by Gasteiger charge is 2.24. The van der Waals surface area contributed by atoms with E-state index in [1.54, 1.807) is 24.3 Å². The first-order chi connectivity index (χ1) is 8.00. The van der Waals surface area contributed by atoms with Crippen molar-refractivity contribution < 1.29 is 22.9 Å². The van der Waals surface area contributed by atoms with E-state index in [0.717, 1.165) is 0 Å². The van der Waals surface area contributed by atoms with E-state index >= 15 is 0 Å². The summed E-state index contributed by atoms with van der Waals surface area (Å²) < 4.78 is 25.4. The first-order valence-corrected chi connectivity index (χ1v) is 6.49. The Hall–Kier alpha value is -0.710. The molecule has 17 heavy (non-hydrogen) atoms. The zero-order valence-electron chi connectivity index (χ0n) is 9.38. The number of Topliss-reactive ketones (excluding diaryl/α,β-unsaturated/α-hetero) is 1. The fraction of sp³-hybridized carbons (Fsp3) is 0.300. The van der Waals surface area contributed by atoms with Crippen molar-refractivity contribution in [3.8, 4) is 0 Å². The van der Waals surface area contributed by atoms with Crippen LogP contribution in [0.1, 0.15) is 10.4 Å². The predicted molar refractivity (Wildman–Crippen MR) is 63.4 cm³/mol. The van der Waals surface area contributed by atoms with E-state index in [9.17, 15) is 9.36 Å². The molecule has 0 radical (unpaired) electrons. The monoisotopic (exact) mass is 278 g/mol. The van der Waals surface area contributed by atoms with Crippen molar-refractivity contribution >= 4 is 25.2 Å². The number of phosphoric acid groups is 1. The van der Waals surface area contributed by atoms with E-state index in [0.29, 0.717) is 10.6 Å². The third-order valence-electron chi connectivity index (χ3n) is 1.97. The van der Waals surface area contributed by atoms with Crippen LogP contribution in [0.2, 0.25) is 5.02 Å². The molecule has 0 aliphatic rings. The van der Waals surface area contributed by atoms with Crippen molar-refractivity contribution in [1.82, 2.24) is 0 Å². The van der Waals surface area contributed by atoms with E-state index in [-0.39, 0.29) is 12.4 Å². The number of phosphoric ester groups is 1. The first-order valence-electron chi connectivity index (χ1n) is 4.65. The molecule has 0 amide bonds. The largest absolute Gasteiger partial charge is 0.474 e. The summed E-state index contributed by atoms with van der Waals surface area (Å²) >= 11 is 5.68. The van der Waals surface area contributed by atoms with E-state index in [1.807, 2.05) is 0 Å². The Kier molecular flexibility index (Phi) is 5.31. The highest BCUT2D eigenvalue weighted by molar-refractivity contribution is 7.48. The lowest BCUT2D eigenvalue weighted by Crippen LogP contribution is -2.09. The lowest BCUT2D eigenvalue weighted by Gasteiger charge is -2.12. The molecule has 1 rings (SSSR count). The Bertz CT molecular complexity index is 423. The zero-order chi connectivity index (χ0) is 12.9. The molecule has 94 valence electrons. The third kappa shape index (κ3) is 4.22. The summed E-state index contributed by atoms with van der Waals surface area (Å²) in [6.45, 7) is -0.388. The molecule has 0 saturated heterocycles. The Balaban J connectivity index is 2.61. The third-order valence-corrected chi connectivity index (χ3v) is 3.56. The van der Waals surface area contributed by atoms with Crippen molar-refractivity contribution in [1.29, 1.82) is 0 Å². The summed E-state index contributed by atoms with van der Waals surface area (Å²) in [5, 5.41) is 0.530. The Morgan fingerprint density at radius 3 is 2.24 bits per heavy atom. The fourth-order valence-electron chi connectivity index (χ4n) is 1.04. The molecule has 0 aliphatic heterocycles. The van der Waals surface area contributed by atoms with Crippen LogP contribution in [0.3, 0.4) is 0 Å². The van der Waals surface area contributed by atoms with Gasteiger partial charge in [-0.25, -0.2) is 4.57 Å². The lowest BCUT2D eigenvalue weighted by molar-refractivity contribution is 0.0856. The molecule has 0 atom stereocenters. The summed E-state index contributed by atoms with van der Waals surface area (Å²) in [5.41, 5.74) is 0.410. The SMILES string of the molecule is COP(=O)(OC)OCC(=O)c1ccc(Cl)cc1. The minimum absolute atomic E-state index is 0.337. The van der Waals surface area contributed by atoms with Crippen LogP contribution < -0.4 is 0 Å². The summed E-state index contributed by atoms with van der Waals surface area (Å²) in [6.07, 6.45) is 0. The van der Waals surface area contributed by atoms with Gasteiger partial charge < -0.3 is 0 Å². The lowest BCUT2D eigenvalue weighted by atomic mass is 10.1. The van der Waals surface area contributed by atoms with E-state index < -0.39 is 7.82 Å². The second-order valence-electron chi connectivity index (χ2n) is 3.02. The normalized spacial score (nSPS) is 11.5. The van der Waals surface area contributed by atoms with E-state index in [4.69, 9.17) is 16.1 Å². The van der Waals surface area contributed by atoms with Crippen LogP contribution in [0.4, 0.5) is 0 Å². The van der Waals surface area contributed by atoms with Gasteiger partial charge in [-0.3, -0.25) is 18.4 Å². The number of carbonyl (C=O) groups excluding carboxylic acids is 1. The van der Waals surface area contributed by atoms with Crippen LogP contribution in [-0.4, -0.2) is 26.6 Å². The number of carbonyl (C=O) groups is 1. The van der Waals surface area contributed by atoms with Crippen LogP contribution >= 0.6 is 19.4 Å². The second-order valence-corrected chi connectivity index (χ2v) is 5.34. The number of hydrogen-bond donors (Lipinski definition) is 0. The average Bonchev–Trinajstić information content (AvgIpc) is 2.36. The molecule has 0 bridgehead atoms. The molecule has 0 unspecified atom stereocenters. The van der Waals surface area contributed by atoms with Gasteiger partial charge in [0.15, 0.2) is 5.78 Å². The fourth-order valence-corrected chi connectivity index (χ4v) is 1.80. The molecule has 0 heterocycles. The summed E-state index contributed by atoms with van der Waals surface area (Å²) in [5.74, 6) is -0.337. The zero-order valence-corrected chi connectivity index (χ0v) is 11.0. The maximum atomic E-state index is 11.6. The van der Waals surface area contributed by atoms with Gasteiger partial charge in [-0.1, -0.05) is 11.6 Å². The molecular weight excluding hydrogens is 267 g/mol. The highest BCUT2D eigenvalue weighted by atomic mass is 35.5. The smallest absolute Gasteiger partial charge is 0.292 e. The topological polar surface area (TPSA) is 61.8 Å². The minimum atomic E-state index is -3.61. The van der Waals surface area contributed by atoms with Crippen LogP contribution in [0.25, 0.3) is 0 Å².